The third-order valence-electron chi connectivity index (χ3n) is 5.01. The zero-order valence-corrected chi connectivity index (χ0v) is 13.6. The molecule has 124 valence electrons. The summed E-state index contributed by atoms with van der Waals surface area (Å²) >= 11 is 0. The highest BCUT2D eigenvalue weighted by Gasteiger charge is 2.32. The molecular formula is C18H25N3O2. The number of rotatable bonds is 5. The van der Waals surface area contributed by atoms with Gasteiger partial charge < -0.3 is 14.8 Å². The molecular weight excluding hydrogens is 290 g/mol. The van der Waals surface area contributed by atoms with E-state index in [-0.39, 0.29) is 0 Å². The van der Waals surface area contributed by atoms with E-state index in [9.17, 15) is 0 Å². The number of aromatic nitrogens is 2. The van der Waals surface area contributed by atoms with Crippen molar-refractivity contribution in [1.29, 1.82) is 0 Å². The molecule has 23 heavy (non-hydrogen) atoms. The Balaban J connectivity index is 1.29. The SMILES string of the molecule is [2H]n1nc(C)c2c(OCC3CC(OC4CCNCC4)C3)cccc21. The third-order valence-corrected chi connectivity index (χ3v) is 5.01. The monoisotopic (exact) mass is 316 g/mol. The van der Waals surface area contributed by atoms with Crippen LogP contribution in [0.2, 0.25) is 1.41 Å². The molecule has 1 saturated heterocycles. The van der Waals surface area contributed by atoms with Gasteiger partial charge in [0.25, 0.3) is 0 Å². The molecule has 0 bridgehead atoms. The molecule has 0 radical (unpaired) electrons. The van der Waals surface area contributed by atoms with Crippen molar-refractivity contribution < 1.29 is 10.9 Å². The maximum atomic E-state index is 7.82. The van der Waals surface area contributed by atoms with Crippen molar-refractivity contribution in [2.75, 3.05) is 19.7 Å². The van der Waals surface area contributed by atoms with Gasteiger partial charge in [0.05, 0.1) is 35.4 Å². The highest BCUT2D eigenvalue weighted by molar-refractivity contribution is 5.87. The Morgan fingerprint density at radius 2 is 2.09 bits per heavy atom. The number of benzene rings is 1. The second-order valence-corrected chi connectivity index (χ2v) is 6.79. The normalized spacial score (nSPS) is 26.0. The minimum Gasteiger partial charge on any atom is -0.493 e. The van der Waals surface area contributed by atoms with Gasteiger partial charge in [-0.3, -0.25) is 5.09 Å². The molecule has 0 unspecified atom stereocenters. The van der Waals surface area contributed by atoms with E-state index >= 15 is 0 Å². The average molecular weight is 316 g/mol. The van der Waals surface area contributed by atoms with Gasteiger partial charge in [-0.2, -0.15) is 5.10 Å². The van der Waals surface area contributed by atoms with Crippen molar-refractivity contribution in [3.63, 3.8) is 0 Å². The van der Waals surface area contributed by atoms with Crippen molar-refractivity contribution in [3.05, 3.63) is 23.9 Å². The van der Waals surface area contributed by atoms with Gasteiger partial charge in [0.2, 0.25) is 0 Å². The second kappa shape index (κ2) is 6.49. The van der Waals surface area contributed by atoms with Gasteiger partial charge in [0.15, 0.2) is 1.41 Å². The first kappa shape index (κ1) is 13.8. The number of fused-ring (bicyclic) bond motifs is 1. The number of hydrogen-bond donors (Lipinski definition) is 2. The fourth-order valence-electron chi connectivity index (χ4n) is 3.60. The van der Waals surface area contributed by atoms with Crippen LogP contribution in [0.1, 0.15) is 31.4 Å². The summed E-state index contributed by atoms with van der Waals surface area (Å²) in [5, 5.41) is 9.66. The first-order valence-corrected chi connectivity index (χ1v) is 8.67. The molecule has 2 heterocycles. The predicted molar refractivity (Wildman–Crippen MR) is 89.8 cm³/mol. The van der Waals surface area contributed by atoms with Crippen molar-refractivity contribution in [3.8, 4) is 5.75 Å². The summed E-state index contributed by atoms with van der Waals surface area (Å²) in [6.45, 7) is 4.80. The van der Waals surface area contributed by atoms with Crippen LogP contribution >= 0.6 is 0 Å². The minimum atomic E-state index is 0.412. The molecule has 5 nitrogen and oxygen atoms in total. The number of H-pyrrole nitrogens is 1. The molecule has 1 saturated carbocycles. The Morgan fingerprint density at radius 1 is 1.26 bits per heavy atom. The molecule has 1 aliphatic heterocycles. The molecule has 1 aliphatic carbocycles. The van der Waals surface area contributed by atoms with Crippen LogP contribution in [-0.2, 0) is 4.74 Å². The topological polar surface area (TPSA) is 59.2 Å². The lowest BCUT2D eigenvalue weighted by atomic mass is 9.82. The second-order valence-electron chi connectivity index (χ2n) is 6.79. The van der Waals surface area contributed by atoms with Crippen molar-refractivity contribution in [2.45, 2.75) is 44.8 Å². The number of nitrogens with zero attached hydrogens (tertiary/aromatic N) is 1. The molecule has 0 spiro atoms. The smallest absolute Gasteiger partial charge is 0.190 e. The zero-order valence-electron chi connectivity index (χ0n) is 14.6. The molecule has 2 N–H and O–H groups in total. The fourth-order valence-corrected chi connectivity index (χ4v) is 3.60. The van der Waals surface area contributed by atoms with Crippen LogP contribution in [0.3, 0.4) is 0 Å². The Hall–Kier alpha value is -1.59. The summed E-state index contributed by atoms with van der Waals surface area (Å²) in [5.41, 5.74) is 1.64. The van der Waals surface area contributed by atoms with Crippen molar-refractivity contribution in [2.24, 2.45) is 5.92 Å². The summed E-state index contributed by atoms with van der Waals surface area (Å²) < 4.78 is 20.0. The average Bonchev–Trinajstić information content (AvgIpc) is 2.86. The van der Waals surface area contributed by atoms with Crippen LogP contribution in [0.4, 0.5) is 0 Å². The summed E-state index contributed by atoms with van der Waals surface area (Å²) in [6.07, 6.45) is 5.31. The van der Waals surface area contributed by atoms with Gasteiger partial charge in [-0.1, -0.05) is 6.07 Å². The fraction of sp³-hybridized carbons (Fsp3) is 0.611. The van der Waals surface area contributed by atoms with E-state index < -0.39 is 0 Å². The summed E-state index contributed by atoms with van der Waals surface area (Å²) in [5.74, 6) is 1.41. The largest absolute Gasteiger partial charge is 0.493 e. The maximum Gasteiger partial charge on any atom is 0.190 e. The van der Waals surface area contributed by atoms with Gasteiger partial charge in [0, 0.05) is 0 Å². The predicted octanol–water partition coefficient (Wildman–Crippen LogP) is 2.80. The van der Waals surface area contributed by atoms with E-state index in [1.807, 2.05) is 25.1 Å². The Labute approximate surface area is 138 Å². The summed E-state index contributed by atoms with van der Waals surface area (Å²) in [6, 6.07) is 5.80. The van der Waals surface area contributed by atoms with Crippen LogP contribution in [0.15, 0.2) is 18.2 Å². The van der Waals surface area contributed by atoms with Gasteiger partial charge in [-0.05, 0) is 63.7 Å². The molecule has 2 aromatic rings. The molecule has 2 aliphatic rings. The molecule has 1 aromatic heterocycles. The van der Waals surface area contributed by atoms with E-state index in [0.29, 0.717) is 24.7 Å². The molecule has 5 heteroatoms. The first-order valence-electron chi connectivity index (χ1n) is 9.12. The van der Waals surface area contributed by atoms with Crippen LogP contribution < -0.4 is 10.1 Å². The number of piperidine rings is 1. The molecule has 4 rings (SSSR count). The summed E-state index contributed by atoms with van der Waals surface area (Å²) in [4.78, 5) is 0. The lowest BCUT2D eigenvalue weighted by Crippen LogP contribution is -2.41. The highest BCUT2D eigenvalue weighted by atomic mass is 16.5. The lowest BCUT2D eigenvalue weighted by molar-refractivity contribution is -0.0907. The van der Waals surface area contributed by atoms with E-state index in [2.05, 4.69) is 10.4 Å². The Bertz CT molecular complexity index is 706. The molecule has 0 atom stereocenters. The quantitative estimate of drug-likeness (QED) is 0.890. The van der Waals surface area contributed by atoms with Gasteiger partial charge in [0.1, 0.15) is 5.75 Å². The molecule has 1 aromatic carbocycles. The van der Waals surface area contributed by atoms with E-state index in [1.54, 1.807) is 0 Å². The molecule has 2 fully saturated rings. The van der Waals surface area contributed by atoms with Gasteiger partial charge >= 0.3 is 0 Å². The van der Waals surface area contributed by atoms with Crippen LogP contribution in [0, 0.1) is 12.8 Å². The first-order chi connectivity index (χ1) is 11.7. The van der Waals surface area contributed by atoms with Crippen molar-refractivity contribution >= 4 is 10.9 Å². The maximum absolute atomic E-state index is 7.82. The highest BCUT2D eigenvalue weighted by Crippen LogP contribution is 2.34. The number of ether oxygens (including phenoxy) is 2. The standard InChI is InChI=1S/C18H25N3O2/c1-12-18-16(21-20-12)3-2-4-17(18)22-11-13-9-15(10-13)23-14-5-7-19-8-6-14/h2-4,13-15,19H,5-11H2,1H3,(H,20,21)/i/hD. The number of aromatic amines is 1. The van der Waals surface area contributed by atoms with Gasteiger partial charge in [-0.25, -0.2) is 0 Å². The van der Waals surface area contributed by atoms with Crippen LogP contribution in [0.25, 0.3) is 10.9 Å². The van der Waals surface area contributed by atoms with E-state index in [4.69, 9.17) is 10.9 Å². The Kier molecular flexibility index (Phi) is 3.90. The Morgan fingerprint density at radius 3 is 2.91 bits per heavy atom. The van der Waals surface area contributed by atoms with Crippen LogP contribution in [0.5, 0.6) is 5.75 Å². The van der Waals surface area contributed by atoms with E-state index in [1.165, 1.54) is 5.09 Å². The van der Waals surface area contributed by atoms with Gasteiger partial charge in [-0.15, -0.1) is 0 Å². The number of hydrogen-bond acceptors (Lipinski definition) is 4. The minimum absolute atomic E-state index is 0.412. The molecule has 0 amide bonds. The van der Waals surface area contributed by atoms with E-state index in [0.717, 1.165) is 61.1 Å². The van der Waals surface area contributed by atoms with Crippen molar-refractivity contribution in [1.82, 2.24) is 15.5 Å². The lowest BCUT2D eigenvalue weighted by Gasteiger charge is -2.38. The summed E-state index contributed by atoms with van der Waals surface area (Å²) in [7, 11) is 0. The third kappa shape index (κ3) is 3.21. The number of aryl methyl sites for hydroxylation is 1. The zero-order chi connectivity index (χ0) is 16.5. The number of nitrogens with one attached hydrogen (secondary N) is 2. The van der Waals surface area contributed by atoms with Crippen LogP contribution in [-0.4, -0.2) is 42.1 Å².